The number of nitrogens with one attached hydrogen (secondary N) is 1. The van der Waals surface area contributed by atoms with E-state index in [0.717, 1.165) is 12.2 Å². The van der Waals surface area contributed by atoms with Gasteiger partial charge in [0.25, 0.3) is 0 Å². The number of carbonyl (C=O) groups is 1. The van der Waals surface area contributed by atoms with E-state index in [-0.39, 0.29) is 6.04 Å². The van der Waals surface area contributed by atoms with E-state index < -0.39 is 12.0 Å². The van der Waals surface area contributed by atoms with Crippen molar-refractivity contribution in [3.63, 3.8) is 0 Å². The maximum atomic E-state index is 11.2. The summed E-state index contributed by atoms with van der Waals surface area (Å²) in [6, 6.07) is -0.535. The zero-order chi connectivity index (χ0) is 12.3. The van der Waals surface area contributed by atoms with Gasteiger partial charge in [0, 0.05) is 38.2 Å². The zero-order valence-electron chi connectivity index (χ0n) is 9.71. The van der Waals surface area contributed by atoms with Gasteiger partial charge in [0.1, 0.15) is 6.04 Å². The molecule has 0 aromatic carbocycles. The minimum absolute atomic E-state index is 0.0353. The summed E-state index contributed by atoms with van der Waals surface area (Å²) in [5.41, 5.74) is 0.806. The summed E-state index contributed by atoms with van der Waals surface area (Å²) in [4.78, 5) is 21.4. The Morgan fingerprint density at radius 3 is 3.12 bits per heavy atom. The number of nitrogens with zero attached hydrogens (tertiary/aromatic N) is 3. The molecule has 1 aliphatic heterocycles. The maximum Gasteiger partial charge on any atom is 0.322 e. The van der Waals surface area contributed by atoms with Crippen LogP contribution in [0.2, 0.25) is 0 Å². The van der Waals surface area contributed by atoms with Crippen molar-refractivity contribution in [1.29, 1.82) is 0 Å². The molecule has 0 saturated carbocycles. The van der Waals surface area contributed by atoms with Crippen LogP contribution >= 0.6 is 0 Å². The van der Waals surface area contributed by atoms with Crippen LogP contribution in [0.5, 0.6) is 0 Å². The van der Waals surface area contributed by atoms with Gasteiger partial charge >= 0.3 is 5.97 Å². The van der Waals surface area contributed by atoms with E-state index in [9.17, 15) is 9.90 Å². The summed E-state index contributed by atoms with van der Waals surface area (Å²) < 4.78 is 0. The van der Waals surface area contributed by atoms with Crippen molar-refractivity contribution in [3.05, 3.63) is 24.3 Å². The molecule has 6 heteroatoms. The van der Waals surface area contributed by atoms with Gasteiger partial charge in [0.15, 0.2) is 0 Å². The fourth-order valence-corrected chi connectivity index (χ4v) is 2.11. The van der Waals surface area contributed by atoms with Crippen molar-refractivity contribution in [3.8, 4) is 0 Å². The van der Waals surface area contributed by atoms with Crippen LogP contribution in [0.1, 0.15) is 18.7 Å². The van der Waals surface area contributed by atoms with E-state index >= 15 is 0 Å². The zero-order valence-corrected chi connectivity index (χ0v) is 9.71. The summed E-state index contributed by atoms with van der Waals surface area (Å²) in [5, 5.41) is 12.3. The van der Waals surface area contributed by atoms with Crippen LogP contribution < -0.4 is 5.32 Å². The second-order valence-electron chi connectivity index (χ2n) is 4.10. The van der Waals surface area contributed by atoms with Crippen molar-refractivity contribution in [2.24, 2.45) is 0 Å². The first-order chi connectivity index (χ1) is 8.20. The molecule has 1 aromatic heterocycles. The summed E-state index contributed by atoms with van der Waals surface area (Å²) >= 11 is 0. The second kappa shape index (κ2) is 5.20. The number of carboxylic acid groups (broad SMARTS) is 1. The van der Waals surface area contributed by atoms with Gasteiger partial charge in [0.2, 0.25) is 0 Å². The Kier molecular flexibility index (Phi) is 3.65. The van der Waals surface area contributed by atoms with E-state index in [2.05, 4.69) is 15.3 Å². The first-order valence-corrected chi connectivity index (χ1v) is 5.65. The molecule has 0 spiro atoms. The number of rotatable bonds is 3. The standard InChI is InChI=1S/C11H16N4O2/c1-8(9-6-12-2-3-14-9)15-5-4-13-7-10(15)11(16)17/h2-3,6,8,10,13H,4-5,7H2,1H3,(H,16,17)/t8-,10+/m1/s1. The van der Waals surface area contributed by atoms with Gasteiger partial charge in [-0.1, -0.05) is 0 Å². The lowest BCUT2D eigenvalue weighted by Gasteiger charge is -2.37. The van der Waals surface area contributed by atoms with Crippen LogP contribution in [0.15, 0.2) is 18.6 Å². The molecule has 0 bridgehead atoms. The lowest BCUT2D eigenvalue weighted by molar-refractivity contribution is -0.145. The van der Waals surface area contributed by atoms with E-state index in [1.165, 1.54) is 0 Å². The Hall–Kier alpha value is -1.53. The molecule has 1 aromatic rings. The molecule has 0 radical (unpaired) electrons. The van der Waals surface area contributed by atoms with Gasteiger partial charge < -0.3 is 10.4 Å². The molecular formula is C11H16N4O2. The molecule has 1 saturated heterocycles. The van der Waals surface area contributed by atoms with Crippen LogP contribution in [0.25, 0.3) is 0 Å². The first-order valence-electron chi connectivity index (χ1n) is 5.65. The van der Waals surface area contributed by atoms with Crippen molar-refractivity contribution in [1.82, 2.24) is 20.2 Å². The summed E-state index contributed by atoms with van der Waals surface area (Å²) in [6.45, 7) is 3.94. The topological polar surface area (TPSA) is 78.4 Å². The maximum absolute atomic E-state index is 11.2. The van der Waals surface area contributed by atoms with Crippen molar-refractivity contribution in [2.45, 2.75) is 19.0 Å². The molecule has 0 amide bonds. The Bertz CT molecular complexity index is 384. The second-order valence-corrected chi connectivity index (χ2v) is 4.10. The average molecular weight is 236 g/mol. The number of aromatic nitrogens is 2. The molecule has 92 valence electrons. The molecule has 0 aliphatic carbocycles. The monoisotopic (exact) mass is 236 g/mol. The molecule has 2 heterocycles. The Morgan fingerprint density at radius 1 is 1.65 bits per heavy atom. The molecule has 0 unspecified atom stereocenters. The van der Waals surface area contributed by atoms with E-state index in [1.54, 1.807) is 18.6 Å². The third-order valence-electron chi connectivity index (χ3n) is 3.08. The fourth-order valence-electron chi connectivity index (χ4n) is 2.11. The van der Waals surface area contributed by atoms with Gasteiger partial charge in [-0.25, -0.2) is 0 Å². The van der Waals surface area contributed by atoms with Crippen molar-refractivity contribution in [2.75, 3.05) is 19.6 Å². The van der Waals surface area contributed by atoms with Crippen LogP contribution in [0.3, 0.4) is 0 Å². The average Bonchev–Trinajstić information content (AvgIpc) is 2.39. The highest BCUT2D eigenvalue weighted by Gasteiger charge is 2.32. The van der Waals surface area contributed by atoms with E-state index in [4.69, 9.17) is 0 Å². The quantitative estimate of drug-likeness (QED) is 0.763. The van der Waals surface area contributed by atoms with E-state index in [0.29, 0.717) is 13.1 Å². The van der Waals surface area contributed by atoms with Gasteiger partial charge in [-0.3, -0.25) is 19.7 Å². The van der Waals surface area contributed by atoms with Gasteiger partial charge in [-0.2, -0.15) is 0 Å². The highest BCUT2D eigenvalue weighted by molar-refractivity contribution is 5.74. The minimum Gasteiger partial charge on any atom is -0.480 e. The molecule has 17 heavy (non-hydrogen) atoms. The SMILES string of the molecule is C[C@H](c1cnccn1)N1CCNC[C@H]1C(=O)O. The highest BCUT2D eigenvalue weighted by atomic mass is 16.4. The predicted molar refractivity (Wildman–Crippen MR) is 61.4 cm³/mol. The number of hydrogen-bond acceptors (Lipinski definition) is 5. The van der Waals surface area contributed by atoms with Crippen LogP contribution in [-0.4, -0.2) is 51.6 Å². The van der Waals surface area contributed by atoms with E-state index in [1.807, 2.05) is 11.8 Å². The van der Waals surface area contributed by atoms with Crippen molar-refractivity contribution >= 4 is 5.97 Å². The highest BCUT2D eigenvalue weighted by Crippen LogP contribution is 2.21. The van der Waals surface area contributed by atoms with Gasteiger partial charge in [-0.05, 0) is 6.92 Å². The summed E-state index contributed by atoms with van der Waals surface area (Å²) in [6.07, 6.45) is 4.93. The van der Waals surface area contributed by atoms with Crippen LogP contribution in [0, 0.1) is 0 Å². The molecular weight excluding hydrogens is 220 g/mol. The van der Waals surface area contributed by atoms with Crippen LogP contribution in [0.4, 0.5) is 0 Å². The number of piperazine rings is 1. The summed E-state index contributed by atoms with van der Waals surface area (Å²) in [5.74, 6) is -0.798. The molecule has 1 aliphatic rings. The molecule has 1 fully saturated rings. The van der Waals surface area contributed by atoms with Crippen LogP contribution in [-0.2, 0) is 4.79 Å². The van der Waals surface area contributed by atoms with Crippen molar-refractivity contribution < 1.29 is 9.90 Å². The normalized spacial score (nSPS) is 23.2. The number of aliphatic carboxylic acids is 1. The third-order valence-corrected chi connectivity index (χ3v) is 3.08. The first kappa shape index (κ1) is 11.9. The Balaban J connectivity index is 2.16. The van der Waals surface area contributed by atoms with Gasteiger partial charge in [-0.15, -0.1) is 0 Å². The molecule has 2 rings (SSSR count). The fraction of sp³-hybridized carbons (Fsp3) is 0.545. The summed E-state index contributed by atoms with van der Waals surface area (Å²) in [7, 11) is 0. The Labute approximate surface area is 99.7 Å². The Morgan fingerprint density at radius 2 is 2.47 bits per heavy atom. The molecule has 6 nitrogen and oxygen atoms in total. The number of carboxylic acids is 1. The lowest BCUT2D eigenvalue weighted by Crippen LogP contribution is -2.55. The number of hydrogen-bond donors (Lipinski definition) is 2. The van der Waals surface area contributed by atoms with Gasteiger partial charge in [0.05, 0.1) is 11.7 Å². The molecule has 2 atom stereocenters. The minimum atomic E-state index is -0.798. The largest absolute Gasteiger partial charge is 0.480 e. The predicted octanol–water partition coefficient (Wildman–Crippen LogP) is -0.104. The lowest BCUT2D eigenvalue weighted by atomic mass is 10.1. The third kappa shape index (κ3) is 2.59. The smallest absolute Gasteiger partial charge is 0.322 e. The molecule has 2 N–H and O–H groups in total.